The van der Waals surface area contributed by atoms with Gasteiger partial charge in [0, 0.05) is 25.4 Å². The van der Waals surface area contributed by atoms with Crippen molar-refractivity contribution in [2.75, 3.05) is 18.4 Å². The number of nitrogens with one attached hydrogen (secondary N) is 1. The molecule has 0 radical (unpaired) electrons. The number of urea groups is 1. The van der Waals surface area contributed by atoms with Gasteiger partial charge in [0.2, 0.25) is 0 Å². The minimum absolute atomic E-state index is 0.0594. The van der Waals surface area contributed by atoms with Gasteiger partial charge in [-0.15, -0.1) is 0 Å². The van der Waals surface area contributed by atoms with Gasteiger partial charge in [0.25, 0.3) is 0 Å². The number of anilines is 1. The van der Waals surface area contributed by atoms with E-state index in [0.29, 0.717) is 36.7 Å². The standard InChI is InChI=1S/C21H17F2N5O2/c22-13-5-6-16(15(23)11-13)26-21(29)27-9-7-14(12-27)28-19-17(3-1-8-24-19)25-20(28)18-4-2-10-30-18/h1-6,8,10-11,14H,7,9,12H2,(H,26,29). The van der Waals surface area contributed by atoms with Gasteiger partial charge in [-0.3, -0.25) is 0 Å². The molecule has 2 amide bonds. The zero-order chi connectivity index (χ0) is 20.7. The molecule has 1 atom stereocenters. The Morgan fingerprint density at radius 1 is 1.20 bits per heavy atom. The minimum atomic E-state index is -0.816. The van der Waals surface area contributed by atoms with Crippen LogP contribution in [0.4, 0.5) is 19.3 Å². The van der Waals surface area contributed by atoms with Crippen molar-refractivity contribution in [3.8, 4) is 11.6 Å². The number of nitrogens with zero attached hydrogens (tertiary/aromatic N) is 4. The molecule has 9 heteroatoms. The second-order valence-corrected chi connectivity index (χ2v) is 7.07. The third-order valence-corrected chi connectivity index (χ3v) is 5.18. The van der Waals surface area contributed by atoms with Crippen molar-refractivity contribution in [3.63, 3.8) is 0 Å². The summed E-state index contributed by atoms with van der Waals surface area (Å²) in [5, 5.41) is 2.51. The van der Waals surface area contributed by atoms with E-state index in [2.05, 4.69) is 15.3 Å². The van der Waals surface area contributed by atoms with Gasteiger partial charge in [-0.05, 0) is 42.8 Å². The summed E-state index contributed by atoms with van der Waals surface area (Å²) in [5.41, 5.74) is 1.39. The number of aromatic nitrogens is 3. The normalized spacial score (nSPS) is 16.3. The second-order valence-electron chi connectivity index (χ2n) is 7.07. The predicted octanol–water partition coefficient (Wildman–Crippen LogP) is 4.45. The fourth-order valence-electron chi connectivity index (χ4n) is 3.78. The van der Waals surface area contributed by atoms with Crippen molar-refractivity contribution >= 4 is 22.9 Å². The zero-order valence-corrected chi connectivity index (χ0v) is 15.8. The summed E-state index contributed by atoms with van der Waals surface area (Å²) in [5.74, 6) is -0.254. The lowest BCUT2D eigenvalue weighted by molar-refractivity contribution is 0.221. The van der Waals surface area contributed by atoms with Crippen LogP contribution in [0.15, 0.2) is 59.3 Å². The molecule has 1 aromatic carbocycles. The van der Waals surface area contributed by atoms with Crippen LogP contribution in [0, 0.1) is 11.6 Å². The second kappa shape index (κ2) is 7.25. The topological polar surface area (TPSA) is 76.2 Å². The Labute approximate surface area is 170 Å². The third kappa shape index (κ3) is 3.18. The first-order valence-corrected chi connectivity index (χ1v) is 9.48. The van der Waals surface area contributed by atoms with Gasteiger partial charge in [-0.2, -0.15) is 0 Å². The highest BCUT2D eigenvalue weighted by molar-refractivity contribution is 5.89. The number of carbonyl (C=O) groups is 1. The fraction of sp³-hybridized carbons (Fsp3) is 0.190. The average Bonchev–Trinajstić information content (AvgIpc) is 3.48. The Kier molecular flexibility index (Phi) is 4.42. The number of pyridine rings is 1. The third-order valence-electron chi connectivity index (χ3n) is 5.18. The molecule has 5 rings (SSSR count). The summed E-state index contributed by atoms with van der Waals surface area (Å²) in [7, 11) is 0. The Morgan fingerprint density at radius 2 is 2.10 bits per heavy atom. The van der Waals surface area contributed by atoms with E-state index in [4.69, 9.17) is 4.42 Å². The van der Waals surface area contributed by atoms with Gasteiger partial charge in [0.1, 0.15) is 17.2 Å². The number of hydrogen-bond donors (Lipinski definition) is 1. The Bertz CT molecular complexity index is 1220. The number of halogens is 2. The molecule has 0 bridgehead atoms. The lowest BCUT2D eigenvalue weighted by atomic mass is 10.2. The maximum absolute atomic E-state index is 13.9. The van der Waals surface area contributed by atoms with E-state index in [-0.39, 0.29) is 11.7 Å². The van der Waals surface area contributed by atoms with Crippen LogP contribution in [0.2, 0.25) is 0 Å². The summed E-state index contributed by atoms with van der Waals surface area (Å²) in [6, 6.07) is 9.84. The summed E-state index contributed by atoms with van der Waals surface area (Å²) < 4.78 is 34.5. The Hall–Kier alpha value is -3.75. The molecule has 7 nitrogen and oxygen atoms in total. The van der Waals surface area contributed by atoms with E-state index in [1.54, 1.807) is 23.4 Å². The van der Waals surface area contributed by atoms with E-state index in [1.165, 1.54) is 6.07 Å². The van der Waals surface area contributed by atoms with Crippen molar-refractivity contribution in [1.29, 1.82) is 0 Å². The van der Waals surface area contributed by atoms with Crippen LogP contribution in [0.5, 0.6) is 0 Å². The largest absolute Gasteiger partial charge is 0.461 e. The minimum Gasteiger partial charge on any atom is -0.461 e. The maximum atomic E-state index is 13.9. The number of amides is 2. The molecule has 1 unspecified atom stereocenters. The van der Waals surface area contributed by atoms with Gasteiger partial charge in [-0.1, -0.05) is 0 Å². The highest BCUT2D eigenvalue weighted by Gasteiger charge is 2.31. The lowest BCUT2D eigenvalue weighted by Crippen LogP contribution is -2.33. The molecule has 0 spiro atoms. The van der Waals surface area contributed by atoms with Crippen molar-refractivity contribution in [1.82, 2.24) is 19.4 Å². The molecule has 1 aliphatic rings. The van der Waals surface area contributed by atoms with E-state index in [0.717, 1.165) is 17.6 Å². The van der Waals surface area contributed by atoms with Crippen LogP contribution in [0.1, 0.15) is 12.5 Å². The van der Waals surface area contributed by atoms with E-state index in [1.807, 2.05) is 22.8 Å². The first-order chi connectivity index (χ1) is 14.6. The molecule has 1 N–H and O–H groups in total. The number of fused-ring (bicyclic) bond motifs is 1. The molecule has 1 saturated heterocycles. The number of hydrogen-bond acceptors (Lipinski definition) is 4. The molecular formula is C21H17F2N5O2. The Morgan fingerprint density at radius 3 is 2.90 bits per heavy atom. The number of rotatable bonds is 3. The van der Waals surface area contributed by atoms with Crippen LogP contribution in [-0.2, 0) is 0 Å². The number of imidazole rings is 1. The van der Waals surface area contributed by atoms with Crippen molar-refractivity contribution in [3.05, 3.63) is 66.6 Å². The van der Waals surface area contributed by atoms with Gasteiger partial charge < -0.3 is 19.2 Å². The monoisotopic (exact) mass is 409 g/mol. The summed E-state index contributed by atoms with van der Waals surface area (Å²) >= 11 is 0. The average molecular weight is 409 g/mol. The van der Waals surface area contributed by atoms with Crippen molar-refractivity contribution in [2.45, 2.75) is 12.5 Å². The number of furan rings is 1. The predicted molar refractivity (Wildman–Crippen MR) is 106 cm³/mol. The molecule has 1 fully saturated rings. The molecule has 1 aliphatic heterocycles. The van der Waals surface area contributed by atoms with Crippen LogP contribution < -0.4 is 5.32 Å². The summed E-state index contributed by atoms with van der Waals surface area (Å²) in [4.78, 5) is 23.4. The molecule has 4 aromatic rings. The molecular weight excluding hydrogens is 392 g/mol. The quantitative estimate of drug-likeness (QED) is 0.543. The Balaban J connectivity index is 1.41. The molecule has 3 aromatic heterocycles. The molecule has 152 valence electrons. The number of carbonyl (C=O) groups excluding carboxylic acids is 1. The van der Waals surface area contributed by atoms with Gasteiger partial charge >= 0.3 is 6.03 Å². The fourth-order valence-corrected chi connectivity index (χ4v) is 3.78. The molecule has 0 aliphatic carbocycles. The summed E-state index contributed by atoms with van der Waals surface area (Å²) in [6.45, 7) is 0.869. The highest BCUT2D eigenvalue weighted by atomic mass is 19.1. The van der Waals surface area contributed by atoms with Crippen molar-refractivity contribution < 1.29 is 18.0 Å². The number of likely N-dealkylation sites (tertiary alicyclic amines) is 1. The maximum Gasteiger partial charge on any atom is 0.321 e. The van der Waals surface area contributed by atoms with Crippen LogP contribution in [0.3, 0.4) is 0 Å². The lowest BCUT2D eigenvalue weighted by Gasteiger charge is -2.19. The van der Waals surface area contributed by atoms with Gasteiger partial charge in [-0.25, -0.2) is 23.5 Å². The van der Waals surface area contributed by atoms with E-state index < -0.39 is 17.7 Å². The summed E-state index contributed by atoms with van der Waals surface area (Å²) in [6.07, 6.45) is 3.95. The SMILES string of the molecule is O=C(Nc1ccc(F)cc1F)N1CCC(n2c(-c3ccco3)nc3cccnc32)C1. The van der Waals surface area contributed by atoms with Crippen LogP contribution >= 0.6 is 0 Å². The van der Waals surface area contributed by atoms with Gasteiger partial charge in [0.15, 0.2) is 17.2 Å². The van der Waals surface area contributed by atoms with E-state index >= 15 is 0 Å². The van der Waals surface area contributed by atoms with Gasteiger partial charge in [0.05, 0.1) is 18.0 Å². The van der Waals surface area contributed by atoms with E-state index in [9.17, 15) is 13.6 Å². The van der Waals surface area contributed by atoms with Crippen LogP contribution in [0.25, 0.3) is 22.7 Å². The van der Waals surface area contributed by atoms with Crippen molar-refractivity contribution in [2.24, 2.45) is 0 Å². The zero-order valence-electron chi connectivity index (χ0n) is 15.8. The first-order valence-electron chi connectivity index (χ1n) is 9.48. The first kappa shape index (κ1) is 18.3. The molecule has 0 saturated carbocycles. The number of benzene rings is 1. The van der Waals surface area contributed by atoms with Crippen LogP contribution in [-0.4, -0.2) is 38.6 Å². The smallest absolute Gasteiger partial charge is 0.321 e. The molecule has 4 heterocycles. The molecule has 30 heavy (non-hydrogen) atoms. The highest BCUT2D eigenvalue weighted by Crippen LogP contribution is 2.32.